The summed E-state index contributed by atoms with van der Waals surface area (Å²) in [7, 11) is 0. The van der Waals surface area contributed by atoms with E-state index in [1.165, 1.54) is 6.20 Å². The molecule has 1 unspecified atom stereocenters. The number of rotatable bonds is 8. The van der Waals surface area contributed by atoms with Gasteiger partial charge in [0.05, 0.1) is 28.3 Å². The number of hydrogen-bond donors (Lipinski definition) is 3. The lowest BCUT2D eigenvalue weighted by Gasteiger charge is -2.11. The van der Waals surface area contributed by atoms with Crippen molar-refractivity contribution in [2.75, 3.05) is 17.2 Å². The Labute approximate surface area is 215 Å². The number of carbonyl (C=O) groups excluding carboxylic acids is 3. The molecule has 16 heteroatoms. The van der Waals surface area contributed by atoms with Gasteiger partial charge in [0.15, 0.2) is 11.6 Å². The normalized spacial score (nSPS) is 12.2. The quantitative estimate of drug-likeness (QED) is 0.346. The van der Waals surface area contributed by atoms with Crippen LogP contribution in [0.3, 0.4) is 0 Å². The molecular weight excluding hydrogens is 546 g/mol. The number of carbonyl (C=O) groups is 3. The number of alkyl halides is 3. The highest BCUT2D eigenvalue weighted by molar-refractivity contribution is 7.13. The molecule has 10 nitrogen and oxygen atoms in total. The van der Waals surface area contributed by atoms with Crippen molar-refractivity contribution in [1.29, 1.82) is 0 Å². The second-order valence-electron chi connectivity index (χ2n) is 7.23. The van der Waals surface area contributed by atoms with Crippen molar-refractivity contribution < 1.29 is 27.6 Å². The number of anilines is 2. The molecule has 3 aromatic heterocycles. The molecule has 0 aromatic carbocycles. The molecule has 36 heavy (non-hydrogen) atoms. The number of pyridine rings is 1. The second kappa shape index (κ2) is 11.2. The lowest BCUT2D eigenvalue weighted by molar-refractivity contribution is -0.137. The summed E-state index contributed by atoms with van der Waals surface area (Å²) >= 11 is 12.6. The zero-order valence-electron chi connectivity index (χ0n) is 18.2. The van der Waals surface area contributed by atoms with Crippen LogP contribution in [0.15, 0.2) is 24.8 Å². The fraction of sp³-hybridized carbons (Fsp3) is 0.250. The molecule has 0 spiro atoms. The maximum absolute atomic E-state index is 13.0. The van der Waals surface area contributed by atoms with Gasteiger partial charge in [0, 0.05) is 18.5 Å². The number of nitrogens with zero attached hydrogens (tertiary/aromatic N) is 4. The van der Waals surface area contributed by atoms with E-state index >= 15 is 0 Å². The molecule has 0 aliphatic carbocycles. The Balaban J connectivity index is 1.70. The molecule has 1 atom stereocenters. The van der Waals surface area contributed by atoms with E-state index < -0.39 is 40.3 Å². The molecule has 4 N–H and O–H groups in total. The fourth-order valence-electron chi connectivity index (χ4n) is 2.82. The number of Topliss-reactive ketones (excluding diaryl/α,β-unsaturated/α-hetero) is 1. The molecular formula is C20H16Cl2F3N7O3S. The molecule has 190 valence electrons. The van der Waals surface area contributed by atoms with Gasteiger partial charge in [0.2, 0.25) is 5.91 Å². The number of nitrogens with one attached hydrogen (secondary N) is 2. The maximum atomic E-state index is 13.0. The summed E-state index contributed by atoms with van der Waals surface area (Å²) in [4.78, 5) is 52.3. The summed E-state index contributed by atoms with van der Waals surface area (Å²) in [6.07, 6.45) is -1.73. The third-order valence-corrected chi connectivity index (χ3v) is 6.45. The predicted octanol–water partition coefficient (Wildman–Crippen LogP) is 4.18. The molecule has 0 aliphatic heterocycles. The number of aromatic nitrogens is 4. The van der Waals surface area contributed by atoms with Crippen LogP contribution in [-0.2, 0) is 11.0 Å². The van der Waals surface area contributed by atoms with E-state index in [1.807, 2.05) is 0 Å². The van der Waals surface area contributed by atoms with Gasteiger partial charge < -0.3 is 16.4 Å². The van der Waals surface area contributed by atoms with Gasteiger partial charge in [-0.1, -0.05) is 30.1 Å². The van der Waals surface area contributed by atoms with E-state index in [9.17, 15) is 27.6 Å². The van der Waals surface area contributed by atoms with Crippen molar-refractivity contribution in [2.45, 2.75) is 25.4 Å². The van der Waals surface area contributed by atoms with E-state index in [1.54, 1.807) is 6.92 Å². The summed E-state index contributed by atoms with van der Waals surface area (Å²) in [6, 6.07) is 0.624. The monoisotopic (exact) mass is 561 g/mol. The molecule has 3 rings (SSSR count). The lowest BCUT2D eigenvalue weighted by Crippen LogP contribution is -2.23. The van der Waals surface area contributed by atoms with Crippen molar-refractivity contribution in [3.8, 4) is 0 Å². The summed E-state index contributed by atoms with van der Waals surface area (Å²) < 4.78 is 39.1. The third-order valence-electron chi connectivity index (χ3n) is 4.56. The Hall–Kier alpha value is -3.20. The average molecular weight is 562 g/mol. The van der Waals surface area contributed by atoms with Gasteiger partial charge in [-0.3, -0.25) is 14.4 Å². The van der Waals surface area contributed by atoms with Gasteiger partial charge in [-0.15, -0.1) is 11.3 Å². The fourth-order valence-corrected chi connectivity index (χ4v) is 4.14. The highest BCUT2D eigenvalue weighted by atomic mass is 35.5. The van der Waals surface area contributed by atoms with Gasteiger partial charge in [-0.05, 0) is 6.07 Å². The van der Waals surface area contributed by atoms with Crippen molar-refractivity contribution in [1.82, 2.24) is 19.9 Å². The summed E-state index contributed by atoms with van der Waals surface area (Å²) in [5.74, 6) is -2.63. The zero-order chi connectivity index (χ0) is 26.6. The van der Waals surface area contributed by atoms with E-state index in [-0.39, 0.29) is 40.2 Å². The standard InChI is InChI=1S/C20H16Cl2F3N7O3S/c1-8(2-11(33)16-15(22)17(30-7-29-16)32-14(34)4-26)19-28-6-12(36-19)18(35)31-13-3-9(20(23,24)25)10(21)5-27-13/h3,5-8H,2,4,26H2,1H3,(H,27,31,35)(H,29,30,32,34). The number of hydrogen-bond acceptors (Lipinski definition) is 9. The van der Waals surface area contributed by atoms with Gasteiger partial charge in [0.1, 0.15) is 27.7 Å². The number of thiazole rings is 1. The van der Waals surface area contributed by atoms with Crippen molar-refractivity contribution >= 4 is 63.8 Å². The van der Waals surface area contributed by atoms with Crippen LogP contribution in [0.25, 0.3) is 0 Å². The molecule has 0 saturated heterocycles. The van der Waals surface area contributed by atoms with Gasteiger partial charge in [0.25, 0.3) is 5.91 Å². The van der Waals surface area contributed by atoms with Gasteiger partial charge in [-0.2, -0.15) is 13.2 Å². The first-order valence-corrected chi connectivity index (χ1v) is 11.5. The largest absolute Gasteiger partial charge is 0.418 e. The van der Waals surface area contributed by atoms with Crippen LogP contribution in [0.2, 0.25) is 10.0 Å². The van der Waals surface area contributed by atoms with E-state index in [4.69, 9.17) is 28.9 Å². The Morgan fingerprint density at radius 1 is 1.11 bits per heavy atom. The summed E-state index contributed by atoms with van der Waals surface area (Å²) in [6.45, 7) is 1.37. The van der Waals surface area contributed by atoms with Crippen LogP contribution in [0.4, 0.5) is 24.8 Å². The Kier molecular flexibility index (Phi) is 8.55. The Bertz CT molecular complexity index is 1320. The van der Waals surface area contributed by atoms with Crippen molar-refractivity contribution in [3.63, 3.8) is 0 Å². The third kappa shape index (κ3) is 6.51. The molecule has 2 amide bonds. The van der Waals surface area contributed by atoms with Crippen LogP contribution in [-0.4, -0.2) is 44.1 Å². The number of halogens is 5. The predicted molar refractivity (Wildman–Crippen MR) is 126 cm³/mol. The number of ketones is 1. The minimum atomic E-state index is -4.72. The maximum Gasteiger partial charge on any atom is 0.418 e. The molecule has 0 saturated carbocycles. The smallest absolute Gasteiger partial charge is 0.322 e. The van der Waals surface area contributed by atoms with E-state index in [0.29, 0.717) is 11.1 Å². The van der Waals surface area contributed by atoms with Crippen molar-refractivity contribution in [3.05, 3.63) is 56.0 Å². The molecule has 0 fully saturated rings. The van der Waals surface area contributed by atoms with Crippen LogP contribution in [0, 0.1) is 0 Å². The van der Waals surface area contributed by atoms with Gasteiger partial charge in [-0.25, -0.2) is 19.9 Å². The van der Waals surface area contributed by atoms with Crippen LogP contribution in [0.5, 0.6) is 0 Å². The van der Waals surface area contributed by atoms with E-state index in [0.717, 1.165) is 23.9 Å². The molecule has 0 radical (unpaired) electrons. The second-order valence-corrected chi connectivity index (χ2v) is 9.08. The summed E-state index contributed by atoms with van der Waals surface area (Å²) in [5.41, 5.74) is 3.99. The Morgan fingerprint density at radius 3 is 2.50 bits per heavy atom. The minimum absolute atomic E-state index is 0.0594. The number of nitrogens with two attached hydrogens (primary N) is 1. The topological polar surface area (TPSA) is 153 Å². The first-order chi connectivity index (χ1) is 16.9. The molecule has 3 aromatic rings. The summed E-state index contributed by atoms with van der Waals surface area (Å²) in [5, 5.41) is 4.29. The molecule has 0 aliphatic rings. The lowest BCUT2D eigenvalue weighted by atomic mass is 10.0. The van der Waals surface area contributed by atoms with E-state index in [2.05, 4.69) is 30.6 Å². The van der Waals surface area contributed by atoms with Crippen molar-refractivity contribution in [2.24, 2.45) is 5.73 Å². The first kappa shape index (κ1) is 27.4. The molecule has 0 bridgehead atoms. The highest BCUT2D eigenvalue weighted by Gasteiger charge is 2.34. The molecule has 3 heterocycles. The Morgan fingerprint density at radius 2 is 1.83 bits per heavy atom. The van der Waals surface area contributed by atoms with Crippen LogP contribution < -0.4 is 16.4 Å². The van der Waals surface area contributed by atoms with Crippen LogP contribution >= 0.6 is 34.5 Å². The zero-order valence-corrected chi connectivity index (χ0v) is 20.5. The minimum Gasteiger partial charge on any atom is -0.322 e. The van der Waals surface area contributed by atoms with Gasteiger partial charge >= 0.3 is 6.18 Å². The average Bonchev–Trinajstić information content (AvgIpc) is 3.31. The highest BCUT2D eigenvalue weighted by Crippen LogP contribution is 2.35. The first-order valence-electron chi connectivity index (χ1n) is 9.94. The van der Waals surface area contributed by atoms with Crippen LogP contribution in [0.1, 0.15) is 50.0 Å². The SMILES string of the molecule is CC(CC(=O)c1ncnc(NC(=O)CN)c1Cl)c1ncc(C(=O)Nc2cc(C(F)(F)F)c(Cl)cn2)s1. The number of amides is 2.